The maximum Gasteiger partial charge on any atom is 0.168 e. The molecule has 2 aromatic heterocycles. The average Bonchev–Trinajstić information content (AvgIpc) is 2.74. The van der Waals surface area contributed by atoms with E-state index in [2.05, 4.69) is 10.1 Å². The molecular formula is C14H17ClN4O. The molecule has 2 aromatic rings. The number of hydrogen-bond acceptors (Lipinski definition) is 4. The molecule has 2 N–H and O–H groups in total. The second-order valence-corrected chi connectivity index (χ2v) is 4.90. The summed E-state index contributed by atoms with van der Waals surface area (Å²) in [7, 11) is 1.80. The third-order valence-electron chi connectivity index (χ3n) is 3.18. The van der Waals surface area contributed by atoms with Crippen LogP contribution in [0, 0.1) is 0 Å². The largest absolute Gasteiger partial charge is 0.325 e. The number of nitrogens with two attached hydrogens (primary N) is 1. The predicted molar refractivity (Wildman–Crippen MR) is 77.8 cm³/mol. The molecule has 6 heteroatoms. The molecule has 0 unspecified atom stereocenters. The molecule has 20 heavy (non-hydrogen) atoms. The van der Waals surface area contributed by atoms with Crippen molar-refractivity contribution < 1.29 is 4.79 Å². The topological polar surface area (TPSA) is 73.8 Å². The predicted octanol–water partition coefficient (Wildman–Crippen LogP) is 1.92. The van der Waals surface area contributed by atoms with Crippen LogP contribution in [0.1, 0.15) is 34.4 Å². The summed E-state index contributed by atoms with van der Waals surface area (Å²) < 4.78 is 1.67. The van der Waals surface area contributed by atoms with E-state index < -0.39 is 0 Å². The van der Waals surface area contributed by atoms with Crippen LogP contribution in [0.2, 0.25) is 5.02 Å². The van der Waals surface area contributed by atoms with Crippen LogP contribution >= 0.6 is 11.6 Å². The molecule has 0 atom stereocenters. The Labute approximate surface area is 122 Å². The maximum atomic E-state index is 12.3. The van der Waals surface area contributed by atoms with E-state index in [4.69, 9.17) is 17.3 Å². The van der Waals surface area contributed by atoms with E-state index in [-0.39, 0.29) is 12.2 Å². The Hall–Kier alpha value is -1.72. The number of nitrogens with zero attached hydrogens (tertiary/aromatic N) is 3. The van der Waals surface area contributed by atoms with E-state index in [1.54, 1.807) is 30.1 Å². The van der Waals surface area contributed by atoms with E-state index in [0.29, 0.717) is 22.8 Å². The van der Waals surface area contributed by atoms with E-state index >= 15 is 0 Å². The van der Waals surface area contributed by atoms with Gasteiger partial charge in [-0.25, -0.2) is 0 Å². The smallest absolute Gasteiger partial charge is 0.168 e. The summed E-state index contributed by atoms with van der Waals surface area (Å²) in [5.41, 5.74) is 8.37. The molecule has 5 nitrogen and oxygen atoms in total. The zero-order chi connectivity index (χ0) is 14.7. The molecule has 2 heterocycles. The summed E-state index contributed by atoms with van der Waals surface area (Å²) in [5, 5.41) is 4.89. The van der Waals surface area contributed by atoms with Crippen molar-refractivity contribution in [2.75, 3.05) is 0 Å². The Kier molecular flexibility index (Phi) is 4.52. The van der Waals surface area contributed by atoms with E-state index in [1.807, 2.05) is 6.92 Å². The Morgan fingerprint density at radius 3 is 2.85 bits per heavy atom. The summed E-state index contributed by atoms with van der Waals surface area (Å²) in [4.78, 5) is 16.4. The first-order valence-corrected chi connectivity index (χ1v) is 6.83. The van der Waals surface area contributed by atoms with Crippen molar-refractivity contribution >= 4 is 17.4 Å². The van der Waals surface area contributed by atoms with Gasteiger partial charge < -0.3 is 5.73 Å². The Morgan fingerprint density at radius 1 is 1.50 bits per heavy atom. The number of ketones is 1. The van der Waals surface area contributed by atoms with Crippen molar-refractivity contribution in [2.24, 2.45) is 12.8 Å². The fraction of sp³-hybridized carbons (Fsp3) is 0.357. The van der Waals surface area contributed by atoms with Gasteiger partial charge in [-0.2, -0.15) is 5.10 Å². The highest BCUT2D eigenvalue weighted by Crippen LogP contribution is 2.22. The number of aryl methyl sites for hydroxylation is 2. The molecule has 0 radical (unpaired) electrons. The molecule has 0 aromatic carbocycles. The SMILES string of the molecule is CCc1nn(C)c(CC(=O)c2ccnc(CN)c2)c1Cl. The molecule has 0 aliphatic carbocycles. The number of carbonyl (C=O) groups is 1. The average molecular weight is 293 g/mol. The lowest BCUT2D eigenvalue weighted by molar-refractivity contribution is 0.0990. The number of aromatic nitrogens is 3. The van der Waals surface area contributed by atoms with Crippen molar-refractivity contribution in [2.45, 2.75) is 26.3 Å². The van der Waals surface area contributed by atoms with Crippen LogP contribution in [0.4, 0.5) is 0 Å². The van der Waals surface area contributed by atoms with Gasteiger partial charge in [0.15, 0.2) is 5.78 Å². The molecule has 0 saturated heterocycles. The van der Waals surface area contributed by atoms with Gasteiger partial charge in [0.05, 0.1) is 28.5 Å². The number of pyridine rings is 1. The highest BCUT2D eigenvalue weighted by atomic mass is 35.5. The molecule has 0 bridgehead atoms. The van der Waals surface area contributed by atoms with Crippen LogP contribution in [-0.4, -0.2) is 20.5 Å². The molecule has 0 amide bonds. The van der Waals surface area contributed by atoms with Crippen LogP contribution in [0.3, 0.4) is 0 Å². The van der Waals surface area contributed by atoms with Crippen LogP contribution in [0.25, 0.3) is 0 Å². The molecule has 106 valence electrons. The van der Waals surface area contributed by atoms with Gasteiger partial charge in [0.2, 0.25) is 0 Å². The van der Waals surface area contributed by atoms with Crippen molar-refractivity contribution in [3.8, 4) is 0 Å². The summed E-state index contributed by atoms with van der Waals surface area (Å²) in [6.45, 7) is 2.30. The first kappa shape index (κ1) is 14.7. The van der Waals surface area contributed by atoms with Gasteiger partial charge in [0.1, 0.15) is 0 Å². The molecule has 2 rings (SSSR count). The molecular weight excluding hydrogens is 276 g/mol. The third kappa shape index (κ3) is 2.89. The number of rotatable bonds is 5. The monoisotopic (exact) mass is 292 g/mol. The Balaban J connectivity index is 2.25. The molecule has 0 spiro atoms. The lowest BCUT2D eigenvalue weighted by Gasteiger charge is -2.04. The second kappa shape index (κ2) is 6.15. The van der Waals surface area contributed by atoms with E-state index in [1.165, 1.54) is 0 Å². The summed E-state index contributed by atoms with van der Waals surface area (Å²) in [6, 6.07) is 3.40. The van der Waals surface area contributed by atoms with Gasteiger partial charge in [0.25, 0.3) is 0 Å². The molecule has 0 fully saturated rings. The number of carbonyl (C=O) groups excluding carboxylic acids is 1. The minimum absolute atomic E-state index is 0.0188. The van der Waals surface area contributed by atoms with Crippen molar-refractivity contribution in [1.82, 2.24) is 14.8 Å². The standard InChI is InChI=1S/C14H17ClN4O/c1-3-11-14(15)12(19(2)18-11)7-13(20)9-4-5-17-10(6-9)8-16/h4-6H,3,7-8,16H2,1-2H3. The Bertz CT molecular complexity index is 636. The quantitative estimate of drug-likeness (QED) is 0.854. The number of hydrogen-bond donors (Lipinski definition) is 1. The van der Waals surface area contributed by atoms with Gasteiger partial charge in [-0.3, -0.25) is 14.5 Å². The first-order chi connectivity index (χ1) is 9.56. The second-order valence-electron chi connectivity index (χ2n) is 4.52. The normalized spacial score (nSPS) is 10.8. The highest BCUT2D eigenvalue weighted by molar-refractivity contribution is 6.32. The van der Waals surface area contributed by atoms with Crippen LogP contribution < -0.4 is 5.73 Å². The van der Waals surface area contributed by atoms with E-state index in [0.717, 1.165) is 17.8 Å². The zero-order valence-corrected chi connectivity index (χ0v) is 12.3. The summed E-state index contributed by atoms with van der Waals surface area (Å²) >= 11 is 6.25. The highest BCUT2D eigenvalue weighted by Gasteiger charge is 2.17. The maximum absolute atomic E-state index is 12.3. The van der Waals surface area contributed by atoms with Crippen molar-refractivity contribution in [3.05, 3.63) is 46.0 Å². The van der Waals surface area contributed by atoms with Gasteiger partial charge in [-0.1, -0.05) is 18.5 Å². The number of halogens is 1. The van der Waals surface area contributed by atoms with Crippen LogP contribution in [0.5, 0.6) is 0 Å². The Morgan fingerprint density at radius 2 is 2.25 bits per heavy atom. The summed E-state index contributed by atoms with van der Waals surface area (Å²) in [6.07, 6.45) is 2.56. The first-order valence-electron chi connectivity index (χ1n) is 6.45. The lowest BCUT2D eigenvalue weighted by Crippen LogP contribution is -2.10. The lowest BCUT2D eigenvalue weighted by atomic mass is 10.1. The third-order valence-corrected chi connectivity index (χ3v) is 3.61. The van der Waals surface area contributed by atoms with Gasteiger partial charge in [-0.05, 0) is 18.6 Å². The van der Waals surface area contributed by atoms with E-state index in [9.17, 15) is 4.79 Å². The zero-order valence-electron chi connectivity index (χ0n) is 11.6. The minimum atomic E-state index is -0.0188. The van der Waals surface area contributed by atoms with Crippen LogP contribution in [-0.2, 0) is 26.4 Å². The molecule has 0 aliphatic heterocycles. The van der Waals surface area contributed by atoms with Crippen LogP contribution in [0.15, 0.2) is 18.3 Å². The molecule has 0 aliphatic rings. The fourth-order valence-electron chi connectivity index (χ4n) is 2.03. The molecule has 0 saturated carbocycles. The number of Topliss-reactive ketones (excluding diaryl/α,β-unsaturated/α-hetero) is 1. The van der Waals surface area contributed by atoms with Crippen molar-refractivity contribution in [3.63, 3.8) is 0 Å². The van der Waals surface area contributed by atoms with Crippen molar-refractivity contribution in [1.29, 1.82) is 0 Å². The van der Waals surface area contributed by atoms with Gasteiger partial charge in [-0.15, -0.1) is 0 Å². The fourth-order valence-corrected chi connectivity index (χ4v) is 2.39. The minimum Gasteiger partial charge on any atom is -0.325 e. The van der Waals surface area contributed by atoms with Gasteiger partial charge >= 0.3 is 0 Å². The van der Waals surface area contributed by atoms with Gasteiger partial charge in [0, 0.05) is 25.4 Å². The summed E-state index contributed by atoms with van der Waals surface area (Å²) in [5.74, 6) is -0.0188.